The molecular formula is C16H31NO3Si3. The molecule has 0 spiro atoms. The lowest BCUT2D eigenvalue weighted by molar-refractivity contribution is 0.338. The van der Waals surface area contributed by atoms with Gasteiger partial charge in [0.05, 0.1) is 6.21 Å². The highest BCUT2D eigenvalue weighted by molar-refractivity contribution is 6.71. The van der Waals surface area contributed by atoms with E-state index >= 15 is 0 Å². The van der Waals surface area contributed by atoms with E-state index in [0.717, 1.165) is 17.1 Å². The lowest BCUT2D eigenvalue weighted by Crippen LogP contribution is -2.32. The fourth-order valence-electron chi connectivity index (χ4n) is 1.67. The Kier molecular flexibility index (Phi) is 6.28. The van der Waals surface area contributed by atoms with Crippen LogP contribution in [0.4, 0.5) is 0 Å². The van der Waals surface area contributed by atoms with Crippen LogP contribution in [0.5, 0.6) is 11.5 Å². The largest absolute Gasteiger partial charge is 0.542 e. The van der Waals surface area contributed by atoms with Crippen LogP contribution in [0.15, 0.2) is 23.4 Å². The van der Waals surface area contributed by atoms with Crippen molar-refractivity contribution in [2.75, 3.05) is 0 Å². The Bertz CT molecular complexity index is 555. The number of nitrogens with zero attached hydrogens (tertiary/aromatic N) is 1. The third kappa shape index (κ3) is 8.97. The predicted octanol–water partition coefficient (Wildman–Crippen LogP) is 5.30. The first-order valence-electron chi connectivity index (χ1n) is 7.99. The minimum atomic E-state index is -1.72. The van der Waals surface area contributed by atoms with Crippen LogP contribution < -0.4 is 8.85 Å². The molecule has 1 aromatic rings. The highest BCUT2D eigenvalue weighted by Crippen LogP contribution is 2.32. The maximum Gasteiger partial charge on any atom is 0.278 e. The summed E-state index contributed by atoms with van der Waals surface area (Å²) in [7, 11) is -5.06. The highest BCUT2D eigenvalue weighted by atomic mass is 28.4. The topological polar surface area (TPSA) is 40.0 Å². The molecule has 0 amide bonds. The molecular weight excluding hydrogens is 338 g/mol. The van der Waals surface area contributed by atoms with E-state index < -0.39 is 25.0 Å². The summed E-state index contributed by atoms with van der Waals surface area (Å²) in [6, 6.07) is 5.96. The molecule has 23 heavy (non-hydrogen) atoms. The summed E-state index contributed by atoms with van der Waals surface area (Å²) in [5, 5.41) is 4.12. The first-order chi connectivity index (χ1) is 10.3. The van der Waals surface area contributed by atoms with Gasteiger partial charge in [0.2, 0.25) is 16.6 Å². The zero-order valence-corrected chi connectivity index (χ0v) is 19.0. The number of hydrogen-bond acceptors (Lipinski definition) is 4. The summed E-state index contributed by atoms with van der Waals surface area (Å²) in [6.07, 6.45) is 1.74. The van der Waals surface area contributed by atoms with Gasteiger partial charge in [-0.25, -0.2) is 0 Å². The van der Waals surface area contributed by atoms with Crippen LogP contribution in [0.3, 0.4) is 0 Å². The van der Waals surface area contributed by atoms with Crippen molar-refractivity contribution >= 4 is 31.2 Å². The molecule has 130 valence electrons. The maximum absolute atomic E-state index is 6.21. The normalized spacial score (nSPS) is 13.3. The van der Waals surface area contributed by atoms with E-state index in [4.69, 9.17) is 13.4 Å². The number of benzene rings is 1. The van der Waals surface area contributed by atoms with Crippen molar-refractivity contribution in [1.29, 1.82) is 0 Å². The smallest absolute Gasteiger partial charge is 0.278 e. The maximum atomic E-state index is 6.21. The zero-order chi connectivity index (χ0) is 17.9. The molecule has 4 nitrogen and oxygen atoms in total. The van der Waals surface area contributed by atoms with Crippen LogP contribution in [0, 0.1) is 0 Å². The predicted molar refractivity (Wildman–Crippen MR) is 106 cm³/mol. The van der Waals surface area contributed by atoms with Gasteiger partial charge in [0, 0.05) is 0 Å². The van der Waals surface area contributed by atoms with Gasteiger partial charge in [0.1, 0.15) is 11.5 Å². The molecule has 0 radical (unpaired) electrons. The van der Waals surface area contributed by atoms with Crippen molar-refractivity contribution in [3.63, 3.8) is 0 Å². The van der Waals surface area contributed by atoms with Gasteiger partial charge in [-0.1, -0.05) is 0 Å². The second kappa shape index (κ2) is 7.23. The third-order valence-corrected chi connectivity index (χ3v) is 4.65. The van der Waals surface area contributed by atoms with E-state index in [1.807, 2.05) is 18.2 Å². The van der Waals surface area contributed by atoms with Crippen LogP contribution in [-0.2, 0) is 4.53 Å². The Morgan fingerprint density at radius 2 is 1.26 bits per heavy atom. The Morgan fingerprint density at radius 1 is 0.739 bits per heavy atom. The molecule has 0 unspecified atom stereocenters. The molecule has 7 heteroatoms. The molecule has 1 rings (SSSR count). The molecule has 0 aliphatic carbocycles. The van der Waals surface area contributed by atoms with Gasteiger partial charge in [-0.05, 0) is 82.7 Å². The van der Waals surface area contributed by atoms with Crippen molar-refractivity contribution in [2.24, 2.45) is 5.16 Å². The molecule has 0 aromatic heterocycles. The summed E-state index contributed by atoms with van der Waals surface area (Å²) >= 11 is 0. The standard InChI is InChI=1S/C16H31NO3Si3/c1-21(2,3)18-15-11-10-14(13-17-20-23(7,8)9)12-16(15)19-22(4,5)6/h10-13H,1-9H3. The van der Waals surface area contributed by atoms with Crippen molar-refractivity contribution in [1.82, 2.24) is 0 Å². The average Bonchev–Trinajstić information content (AvgIpc) is 2.27. The monoisotopic (exact) mass is 369 g/mol. The molecule has 0 saturated carbocycles. The van der Waals surface area contributed by atoms with E-state index in [9.17, 15) is 0 Å². The molecule has 0 N–H and O–H groups in total. The van der Waals surface area contributed by atoms with Crippen LogP contribution in [0.2, 0.25) is 58.9 Å². The Balaban J connectivity index is 3.06. The highest BCUT2D eigenvalue weighted by Gasteiger charge is 2.23. The van der Waals surface area contributed by atoms with Crippen LogP contribution in [-0.4, -0.2) is 31.2 Å². The molecule has 1 aromatic carbocycles. The second-order valence-corrected chi connectivity index (χ2v) is 21.8. The summed E-state index contributed by atoms with van der Waals surface area (Å²) in [4.78, 5) is 0. The first-order valence-corrected chi connectivity index (χ1v) is 18.2. The summed E-state index contributed by atoms with van der Waals surface area (Å²) in [5.74, 6) is 1.64. The van der Waals surface area contributed by atoms with Gasteiger partial charge in [-0.15, -0.1) is 5.16 Å². The molecule has 0 heterocycles. The molecule has 0 bridgehead atoms. The van der Waals surface area contributed by atoms with Gasteiger partial charge < -0.3 is 13.4 Å². The zero-order valence-electron chi connectivity index (χ0n) is 16.0. The van der Waals surface area contributed by atoms with Crippen LogP contribution >= 0.6 is 0 Å². The lowest BCUT2D eigenvalue weighted by atomic mass is 10.2. The van der Waals surface area contributed by atoms with Crippen molar-refractivity contribution in [3.8, 4) is 11.5 Å². The molecule has 0 aliphatic heterocycles. The second-order valence-electron chi connectivity index (χ2n) is 8.57. The van der Waals surface area contributed by atoms with E-state index in [-0.39, 0.29) is 0 Å². The Labute approximate surface area is 144 Å². The van der Waals surface area contributed by atoms with Crippen molar-refractivity contribution < 1.29 is 13.4 Å². The average molecular weight is 370 g/mol. The van der Waals surface area contributed by atoms with E-state index in [2.05, 4.69) is 64.1 Å². The molecule has 0 fully saturated rings. The minimum Gasteiger partial charge on any atom is -0.542 e. The van der Waals surface area contributed by atoms with Crippen LogP contribution in [0.25, 0.3) is 0 Å². The third-order valence-electron chi connectivity index (χ3n) is 2.33. The van der Waals surface area contributed by atoms with E-state index in [0.29, 0.717) is 0 Å². The summed E-state index contributed by atoms with van der Waals surface area (Å²) in [5.41, 5.74) is 0.958. The van der Waals surface area contributed by atoms with Gasteiger partial charge in [0.15, 0.2) is 0 Å². The van der Waals surface area contributed by atoms with E-state index in [1.54, 1.807) is 6.21 Å². The minimum absolute atomic E-state index is 0.809. The van der Waals surface area contributed by atoms with Crippen molar-refractivity contribution in [2.45, 2.75) is 58.9 Å². The summed E-state index contributed by atoms with van der Waals surface area (Å²) < 4.78 is 17.9. The Morgan fingerprint density at radius 3 is 1.74 bits per heavy atom. The Hall–Kier alpha value is -1.06. The fraction of sp³-hybridized carbons (Fsp3) is 0.562. The number of rotatable bonds is 7. The van der Waals surface area contributed by atoms with Gasteiger partial charge >= 0.3 is 0 Å². The quantitative estimate of drug-likeness (QED) is 0.372. The van der Waals surface area contributed by atoms with Gasteiger partial charge in [-0.3, -0.25) is 0 Å². The molecule has 0 atom stereocenters. The fourth-order valence-corrected chi connectivity index (χ4v) is 3.69. The van der Waals surface area contributed by atoms with Crippen molar-refractivity contribution in [3.05, 3.63) is 23.8 Å². The van der Waals surface area contributed by atoms with Gasteiger partial charge in [-0.2, -0.15) is 0 Å². The van der Waals surface area contributed by atoms with E-state index in [1.165, 1.54) is 0 Å². The molecule has 0 aliphatic rings. The first kappa shape index (κ1) is 20.0. The number of hydrogen-bond donors (Lipinski definition) is 0. The lowest BCUT2D eigenvalue weighted by Gasteiger charge is -2.26. The SMILES string of the molecule is C[Si](C)(C)ON=Cc1ccc(O[Si](C)(C)C)c(O[Si](C)(C)C)c1. The number of oxime groups is 1. The van der Waals surface area contributed by atoms with Crippen LogP contribution in [0.1, 0.15) is 5.56 Å². The van der Waals surface area contributed by atoms with Gasteiger partial charge in [0.25, 0.3) is 8.32 Å². The molecule has 0 saturated heterocycles. The summed E-state index contributed by atoms with van der Waals surface area (Å²) in [6.45, 7) is 19.3.